The molecule has 2 N–H and O–H groups in total. The molecule has 2 heterocycles. The molecule has 138 valence electrons. The van der Waals surface area contributed by atoms with Gasteiger partial charge < -0.3 is 9.88 Å². The molecule has 0 saturated heterocycles. The largest absolute Gasteiger partial charge is 0.324 e. The fourth-order valence-electron chi connectivity index (χ4n) is 3.14. The Labute approximate surface area is 161 Å². The molecule has 0 bridgehead atoms. The lowest BCUT2D eigenvalue weighted by molar-refractivity contribution is -0.115. The number of hydrogen-bond donors (Lipinski definition) is 2. The lowest BCUT2D eigenvalue weighted by atomic mass is 10.2. The zero-order valence-corrected chi connectivity index (χ0v) is 16.0. The number of carbonyl (C=O) groups is 2. The number of hydrogen-bond acceptors (Lipinski definition) is 4. The van der Waals surface area contributed by atoms with Crippen molar-refractivity contribution in [2.75, 3.05) is 10.6 Å². The van der Waals surface area contributed by atoms with Crippen LogP contribution < -0.4 is 10.6 Å². The number of imidazole rings is 1. The molecule has 2 amide bonds. The Morgan fingerprint density at radius 1 is 1.30 bits per heavy atom. The van der Waals surface area contributed by atoms with E-state index in [0.29, 0.717) is 17.2 Å². The average Bonchev–Trinajstić information content (AvgIpc) is 3.00. The maximum atomic E-state index is 12.8. The maximum Gasteiger partial charge on any atom is 0.258 e. The maximum absolute atomic E-state index is 12.8. The molecule has 1 atom stereocenters. The molecule has 3 aromatic rings. The van der Waals surface area contributed by atoms with E-state index >= 15 is 0 Å². The van der Waals surface area contributed by atoms with E-state index in [1.165, 1.54) is 11.8 Å². The highest BCUT2D eigenvalue weighted by Crippen LogP contribution is 2.36. The van der Waals surface area contributed by atoms with Crippen molar-refractivity contribution < 1.29 is 9.59 Å². The van der Waals surface area contributed by atoms with Gasteiger partial charge in [0.05, 0.1) is 22.0 Å². The van der Waals surface area contributed by atoms with Crippen molar-refractivity contribution in [1.29, 1.82) is 0 Å². The second-order valence-corrected chi connectivity index (χ2v) is 7.87. The van der Waals surface area contributed by atoms with Gasteiger partial charge in [0.15, 0.2) is 0 Å². The zero-order chi connectivity index (χ0) is 19.0. The van der Waals surface area contributed by atoms with E-state index < -0.39 is 0 Å². The Bertz CT molecular complexity index is 1040. The lowest BCUT2D eigenvalue weighted by Gasteiger charge is -2.21. The summed E-state index contributed by atoms with van der Waals surface area (Å²) in [5.74, 6) is 0.242. The highest BCUT2D eigenvalue weighted by Gasteiger charge is 2.24. The third-order valence-electron chi connectivity index (χ3n) is 4.50. The van der Waals surface area contributed by atoms with Crippen LogP contribution in [-0.2, 0) is 11.3 Å². The minimum absolute atomic E-state index is 0.0465. The molecule has 2 aromatic carbocycles. The summed E-state index contributed by atoms with van der Waals surface area (Å²) in [6.07, 6.45) is 0.934. The van der Waals surface area contributed by atoms with Gasteiger partial charge in [0.25, 0.3) is 5.91 Å². The number of aromatic nitrogens is 2. The first-order valence-electron chi connectivity index (χ1n) is 8.95. The summed E-state index contributed by atoms with van der Waals surface area (Å²) in [5, 5.41) is 5.65. The molecule has 1 aliphatic heterocycles. The summed E-state index contributed by atoms with van der Waals surface area (Å²) in [6, 6.07) is 13.2. The zero-order valence-electron chi connectivity index (χ0n) is 15.2. The molecular formula is C20H20N4O2S. The van der Waals surface area contributed by atoms with E-state index in [0.717, 1.165) is 28.9 Å². The molecule has 0 spiro atoms. The fraction of sp³-hybridized carbons (Fsp3) is 0.250. The molecule has 0 radical (unpaired) electrons. The number of rotatable bonds is 4. The molecule has 0 saturated carbocycles. The van der Waals surface area contributed by atoms with Crippen LogP contribution >= 0.6 is 11.8 Å². The van der Waals surface area contributed by atoms with Gasteiger partial charge in [-0.25, -0.2) is 4.98 Å². The molecule has 6 nitrogen and oxygen atoms in total. The Balaban J connectivity index is 1.63. The topological polar surface area (TPSA) is 76.0 Å². The van der Waals surface area contributed by atoms with Crippen LogP contribution in [0.2, 0.25) is 0 Å². The number of nitrogens with zero attached hydrogens (tertiary/aromatic N) is 2. The highest BCUT2D eigenvalue weighted by molar-refractivity contribution is 8.00. The second-order valence-electron chi connectivity index (χ2n) is 6.49. The SMILES string of the molecule is CCCn1c(NC(=O)c2ccc3c(c2)NC(=O)[C@@H](C)S3)nc2ccccc21. The third kappa shape index (κ3) is 3.30. The number of thioether (sulfide) groups is 1. The first kappa shape index (κ1) is 17.6. The van der Waals surface area contributed by atoms with E-state index in [-0.39, 0.29) is 17.1 Å². The van der Waals surface area contributed by atoms with Crippen molar-refractivity contribution in [3.05, 3.63) is 48.0 Å². The van der Waals surface area contributed by atoms with Crippen molar-refractivity contribution in [1.82, 2.24) is 9.55 Å². The van der Waals surface area contributed by atoms with Gasteiger partial charge in [-0.3, -0.25) is 14.9 Å². The van der Waals surface area contributed by atoms with E-state index in [4.69, 9.17) is 0 Å². The van der Waals surface area contributed by atoms with Gasteiger partial charge in [0, 0.05) is 17.0 Å². The van der Waals surface area contributed by atoms with E-state index in [9.17, 15) is 9.59 Å². The van der Waals surface area contributed by atoms with Crippen LogP contribution in [0.25, 0.3) is 11.0 Å². The first-order valence-corrected chi connectivity index (χ1v) is 9.83. The van der Waals surface area contributed by atoms with E-state index in [2.05, 4.69) is 22.5 Å². The van der Waals surface area contributed by atoms with E-state index in [1.54, 1.807) is 12.1 Å². The van der Waals surface area contributed by atoms with Crippen LogP contribution in [0.5, 0.6) is 0 Å². The molecule has 1 aliphatic rings. The molecule has 0 fully saturated rings. The van der Waals surface area contributed by atoms with Crippen molar-refractivity contribution in [3.63, 3.8) is 0 Å². The Morgan fingerprint density at radius 2 is 2.11 bits per heavy atom. The summed E-state index contributed by atoms with van der Waals surface area (Å²) in [7, 11) is 0. The summed E-state index contributed by atoms with van der Waals surface area (Å²) < 4.78 is 2.02. The number of para-hydroxylation sites is 2. The fourth-order valence-corrected chi connectivity index (χ4v) is 4.08. The monoisotopic (exact) mass is 380 g/mol. The van der Waals surface area contributed by atoms with Crippen molar-refractivity contribution in [2.24, 2.45) is 0 Å². The molecule has 27 heavy (non-hydrogen) atoms. The van der Waals surface area contributed by atoms with Crippen molar-refractivity contribution in [3.8, 4) is 0 Å². The van der Waals surface area contributed by atoms with Crippen LogP contribution in [0, 0.1) is 0 Å². The van der Waals surface area contributed by atoms with Crippen LogP contribution in [-0.4, -0.2) is 26.6 Å². The summed E-state index contributed by atoms with van der Waals surface area (Å²) in [4.78, 5) is 30.2. The van der Waals surface area contributed by atoms with Gasteiger partial charge in [-0.05, 0) is 43.7 Å². The Morgan fingerprint density at radius 3 is 2.93 bits per heavy atom. The van der Waals surface area contributed by atoms with E-state index in [1.807, 2.05) is 41.8 Å². The number of carbonyl (C=O) groups excluding carboxylic acids is 2. The van der Waals surface area contributed by atoms with Crippen molar-refractivity contribution >= 4 is 46.2 Å². The summed E-state index contributed by atoms with van der Waals surface area (Å²) in [6.45, 7) is 4.72. The molecule has 0 aliphatic carbocycles. The molecule has 0 unspecified atom stereocenters. The van der Waals surface area contributed by atoms with Gasteiger partial charge >= 0.3 is 0 Å². The molecule has 1 aromatic heterocycles. The number of amides is 2. The average molecular weight is 380 g/mol. The molecule has 7 heteroatoms. The summed E-state index contributed by atoms with van der Waals surface area (Å²) >= 11 is 1.50. The standard InChI is InChI=1S/C20H20N4O2S/c1-3-10-24-16-7-5-4-6-14(16)22-20(24)23-19(26)13-8-9-17-15(11-13)21-18(25)12(2)27-17/h4-9,11-12H,3,10H2,1-2H3,(H,21,25)(H,22,23,26)/t12-/m1/s1. The number of benzene rings is 2. The van der Waals surface area contributed by atoms with Crippen LogP contribution in [0.1, 0.15) is 30.6 Å². The second kappa shape index (κ2) is 7.08. The number of aryl methyl sites for hydroxylation is 1. The minimum atomic E-state index is -0.247. The van der Waals surface area contributed by atoms with Crippen LogP contribution in [0.15, 0.2) is 47.4 Å². The van der Waals surface area contributed by atoms with Gasteiger partial charge in [-0.1, -0.05) is 19.1 Å². The number of nitrogens with one attached hydrogen (secondary N) is 2. The minimum Gasteiger partial charge on any atom is -0.324 e. The van der Waals surface area contributed by atoms with Gasteiger partial charge in [-0.15, -0.1) is 11.8 Å². The van der Waals surface area contributed by atoms with Crippen LogP contribution in [0.3, 0.4) is 0 Å². The van der Waals surface area contributed by atoms with Gasteiger partial charge in [0.1, 0.15) is 0 Å². The van der Waals surface area contributed by atoms with Crippen molar-refractivity contribution in [2.45, 2.75) is 37.0 Å². The molecular weight excluding hydrogens is 360 g/mol. The number of anilines is 2. The van der Waals surface area contributed by atoms with Gasteiger partial charge in [0.2, 0.25) is 11.9 Å². The van der Waals surface area contributed by atoms with Crippen LogP contribution in [0.4, 0.5) is 11.6 Å². The molecule has 4 rings (SSSR count). The predicted molar refractivity (Wildman–Crippen MR) is 108 cm³/mol. The highest BCUT2D eigenvalue weighted by atomic mass is 32.2. The first-order chi connectivity index (χ1) is 13.1. The Hall–Kier alpha value is -2.80. The lowest BCUT2D eigenvalue weighted by Crippen LogP contribution is -2.26. The normalized spacial score (nSPS) is 16.1. The predicted octanol–water partition coefficient (Wildman–Crippen LogP) is 4.13. The third-order valence-corrected chi connectivity index (χ3v) is 5.68. The quantitative estimate of drug-likeness (QED) is 0.713. The Kier molecular flexibility index (Phi) is 4.61. The number of fused-ring (bicyclic) bond motifs is 2. The van der Waals surface area contributed by atoms with Gasteiger partial charge in [-0.2, -0.15) is 0 Å². The smallest absolute Gasteiger partial charge is 0.258 e. The summed E-state index contributed by atoms with van der Waals surface area (Å²) in [5.41, 5.74) is 3.01.